The highest BCUT2D eigenvalue weighted by Crippen LogP contribution is 2.49. The van der Waals surface area contributed by atoms with Crippen molar-refractivity contribution >= 4 is 17.5 Å². The lowest BCUT2D eigenvalue weighted by molar-refractivity contribution is -0.179. The summed E-state index contributed by atoms with van der Waals surface area (Å²) in [7, 11) is 5.69. The highest BCUT2D eigenvalue weighted by Gasteiger charge is 2.69. The van der Waals surface area contributed by atoms with Crippen LogP contribution in [0, 0.1) is 5.41 Å². The van der Waals surface area contributed by atoms with Crippen LogP contribution >= 0.6 is 0 Å². The average molecular weight is 358 g/mol. The summed E-state index contributed by atoms with van der Waals surface area (Å²) in [6.07, 6.45) is 1.54. The Bertz CT molecular complexity index is 731. The van der Waals surface area contributed by atoms with Crippen LogP contribution in [0.5, 0.6) is 0 Å². The van der Waals surface area contributed by atoms with Crippen LogP contribution in [0.4, 0.5) is 0 Å². The van der Waals surface area contributed by atoms with Gasteiger partial charge in [0.05, 0.1) is 13.2 Å². The van der Waals surface area contributed by atoms with Gasteiger partial charge in [-0.15, -0.1) is 0 Å². The molecule has 1 saturated heterocycles. The van der Waals surface area contributed by atoms with Crippen LogP contribution in [-0.4, -0.2) is 74.5 Å². The lowest BCUT2D eigenvalue weighted by Crippen LogP contribution is -2.64. The second-order valence-electron chi connectivity index (χ2n) is 7.38. The summed E-state index contributed by atoms with van der Waals surface area (Å²) in [6, 6.07) is 9.40. The van der Waals surface area contributed by atoms with E-state index in [1.807, 2.05) is 61.3 Å². The molecule has 0 radical (unpaired) electrons. The van der Waals surface area contributed by atoms with Gasteiger partial charge < -0.3 is 19.3 Å². The summed E-state index contributed by atoms with van der Waals surface area (Å²) in [5.74, 6) is -0.136. The summed E-state index contributed by atoms with van der Waals surface area (Å²) >= 11 is 0. The molecule has 2 heterocycles. The van der Waals surface area contributed by atoms with E-state index < -0.39 is 17.0 Å². The van der Waals surface area contributed by atoms with Crippen molar-refractivity contribution in [3.8, 4) is 0 Å². The van der Waals surface area contributed by atoms with Gasteiger partial charge in [-0.05, 0) is 28.1 Å². The molecule has 2 aliphatic heterocycles. The predicted molar refractivity (Wildman–Crippen MR) is 98.4 cm³/mol. The fourth-order valence-corrected chi connectivity index (χ4v) is 4.15. The Morgan fingerprint density at radius 1 is 1.27 bits per heavy atom. The Hall–Kier alpha value is -2.18. The third-order valence-corrected chi connectivity index (χ3v) is 5.07. The van der Waals surface area contributed by atoms with Gasteiger partial charge in [-0.2, -0.15) is 0 Å². The number of nitrogens with zero attached hydrogens (tertiary/aromatic N) is 2. The first kappa shape index (κ1) is 18.6. The zero-order chi connectivity index (χ0) is 18.9. The van der Waals surface area contributed by atoms with E-state index in [9.17, 15) is 9.59 Å². The average Bonchev–Trinajstić information content (AvgIpc) is 2.89. The minimum atomic E-state index is -1.35. The number of ether oxygens (including phenoxy) is 2. The summed E-state index contributed by atoms with van der Waals surface area (Å²) in [5.41, 5.74) is -1.56. The molecule has 2 atom stereocenters. The van der Waals surface area contributed by atoms with E-state index >= 15 is 0 Å². The summed E-state index contributed by atoms with van der Waals surface area (Å²) in [5, 5.41) is 0. The fourth-order valence-electron chi connectivity index (χ4n) is 4.15. The minimum Gasteiger partial charge on any atom is -0.472 e. The number of allylic oxidation sites excluding steroid dienone is 1. The van der Waals surface area contributed by atoms with E-state index in [1.165, 1.54) is 6.08 Å². The van der Waals surface area contributed by atoms with Crippen molar-refractivity contribution in [1.29, 1.82) is 0 Å². The fraction of sp³-hybridized carbons (Fsp3) is 0.500. The Labute approximate surface area is 154 Å². The monoisotopic (exact) mass is 358 g/mol. The molecule has 0 aromatic heterocycles. The van der Waals surface area contributed by atoms with Crippen LogP contribution in [0.3, 0.4) is 0 Å². The first-order chi connectivity index (χ1) is 12.3. The number of hydrogen-bond donors (Lipinski definition) is 0. The molecule has 0 amide bonds. The molecule has 0 spiro atoms. The van der Waals surface area contributed by atoms with Crippen molar-refractivity contribution in [1.82, 2.24) is 9.80 Å². The molecule has 0 unspecified atom stereocenters. The lowest BCUT2D eigenvalue weighted by atomic mass is 9.68. The number of carbonyl (C=O) groups is 2. The highest BCUT2D eigenvalue weighted by molar-refractivity contribution is 6.07. The molecule has 3 rings (SSSR count). The second-order valence-corrected chi connectivity index (χ2v) is 7.38. The lowest BCUT2D eigenvalue weighted by Gasteiger charge is -2.45. The molecule has 1 aromatic carbocycles. The predicted octanol–water partition coefficient (Wildman–Crippen LogP) is 1.42. The molecule has 140 valence electrons. The van der Waals surface area contributed by atoms with Gasteiger partial charge in [0.2, 0.25) is 5.60 Å². The largest absolute Gasteiger partial charge is 0.472 e. The van der Waals surface area contributed by atoms with Gasteiger partial charge in [-0.1, -0.05) is 30.3 Å². The molecule has 6 nitrogen and oxygen atoms in total. The van der Waals surface area contributed by atoms with Crippen LogP contribution in [0.25, 0.3) is 5.76 Å². The maximum Gasteiger partial charge on any atom is 0.353 e. The molecule has 6 heteroatoms. The van der Waals surface area contributed by atoms with Crippen LogP contribution in [0.2, 0.25) is 0 Å². The first-order valence-corrected chi connectivity index (χ1v) is 8.86. The van der Waals surface area contributed by atoms with E-state index in [0.29, 0.717) is 25.4 Å². The Morgan fingerprint density at radius 2 is 1.96 bits per heavy atom. The Kier molecular flexibility index (Phi) is 4.90. The molecule has 1 aromatic rings. The molecular formula is C20H26N2O4. The van der Waals surface area contributed by atoms with Crippen LogP contribution in [0.1, 0.15) is 12.5 Å². The van der Waals surface area contributed by atoms with Gasteiger partial charge in [-0.25, -0.2) is 4.79 Å². The van der Waals surface area contributed by atoms with E-state index in [4.69, 9.17) is 9.47 Å². The first-order valence-electron chi connectivity index (χ1n) is 8.86. The number of benzene rings is 1. The summed E-state index contributed by atoms with van der Waals surface area (Å²) in [6.45, 7) is 3.17. The standard InChI is InChI=1S/C20H26N2O4/c1-5-25-18(24)20-14-22(4)13-19(20,12-21(2)3)17(23)11-16(26-20)15-9-7-6-8-10-15/h6-11H,5,12-14H2,1-4H3/t19-,20+/m0/s1. The molecule has 1 fully saturated rings. The van der Waals surface area contributed by atoms with Crippen molar-refractivity contribution in [2.75, 3.05) is 47.4 Å². The molecule has 2 aliphatic rings. The van der Waals surface area contributed by atoms with E-state index in [1.54, 1.807) is 6.92 Å². The molecule has 0 N–H and O–H groups in total. The van der Waals surface area contributed by atoms with Crippen molar-refractivity contribution < 1.29 is 19.1 Å². The molecule has 0 bridgehead atoms. The maximum atomic E-state index is 13.4. The number of ketones is 1. The normalized spacial score (nSPS) is 28.5. The van der Waals surface area contributed by atoms with E-state index in [2.05, 4.69) is 0 Å². The summed E-state index contributed by atoms with van der Waals surface area (Å²) in [4.78, 5) is 30.3. The number of likely N-dealkylation sites (tertiary alicyclic amines) is 1. The smallest absolute Gasteiger partial charge is 0.353 e. The third kappa shape index (κ3) is 2.83. The minimum absolute atomic E-state index is 0.0892. The van der Waals surface area contributed by atoms with Gasteiger partial charge in [0.1, 0.15) is 11.2 Å². The topological polar surface area (TPSA) is 59.1 Å². The Morgan fingerprint density at radius 3 is 2.58 bits per heavy atom. The van der Waals surface area contributed by atoms with Gasteiger partial charge in [0.25, 0.3) is 0 Å². The van der Waals surface area contributed by atoms with Gasteiger partial charge >= 0.3 is 5.97 Å². The Balaban J connectivity index is 2.15. The number of likely N-dealkylation sites (N-methyl/N-ethyl adjacent to an activating group) is 1. The number of rotatable bonds is 5. The molecule has 0 saturated carbocycles. The van der Waals surface area contributed by atoms with Crippen molar-refractivity contribution in [2.45, 2.75) is 12.5 Å². The van der Waals surface area contributed by atoms with Crippen LogP contribution in [0.15, 0.2) is 36.4 Å². The zero-order valence-corrected chi connectivity index (χ0v) is 15.8. The van der Waals surface area contributed by atoms with Crippen molar-refractivity contribution in [3.05, 3.63) is 42.0 Å². The van der Waals surface area contributed by atoms with Crippen LogP contribution < -0.4 is 0 Å². The number of hydrogen-bond acceptors (Lipinski definition) is 6. The molecule has 0 aliphatic carbocycles. The molecule has 26 heavy (non-hydrogen) atoms. The third-order valence-electron chi connectivity index (χ3n) is 5.07. The van der Waals surface area contributed by atoms with Gasteiger partial charge in [-0.3, -0.25) is 4.79 Å². The van der Waals surface area contributed by atoms with Crippen LogP contribution in [-0.2, 0) is 19.1 Å². The number of esters is 1. The van der Waals surface area contributed by atoms with Gasteiger partial charge in [0.15, 0.2) is 5.78 Å². The van der Waals surface area contributed by atoms with Crippen molar-refractivity contribution in [3.63, 3.8) is 0 Å². The quantitative estimate of drug-likeness (QED) is 0.742. The van der Waals surface area contributed by atoms with Gasteiger partial charge in [0, 0.05) is 24.7 Å². The van der Waals surface area contributed by atoms with E-state index in [-0.39, 0.29) is 12.4 Å². The number of fused-ring (bicyclic) bond motifs is 1. The molecular weight excluding hydrogens is 332 g/mol. The SMILES string of the molecule is CCOC(=O)[C@]12CN(C)C[C@@]1(CN(C)C)C(=O)C=C(c1ccccc1)O2. The van der Waals surface area contributed by atoms with E-state index in [0.717, 1.165) is 5.56 Å². The summed E-state index contributed by atoms with van der Waals surface area (Å²) < 4.78 is 11.7. The zero-order valence-electron chi connectivity index (χ0n) is 15.8. The van der Waals surface area contributed by atoms with Crippen molar-refractivity contribution in [2.24, 2.45) is 5.41 Å². The number of carbonyl (C=O) groups excluding carboxylic acids is 2. The maximum absolute atomic E-state index is 13.4. The second kappa shape index (κ2) is 6.85. The highest BCUT2D eigenvalue weighted by atomic mass is 16.6.